The molecule has 72 valence electrons. The lowest BCUT2D eigenvalue weighted by molar-refractivity contribution is 0.275. The van der Waals surface area contributed by atoms with Crippen LogP contribution in [-0.4, -0.2) is 45.2 Å². The molecule has 1 aliphatic heterocycles. The minimum atomic E-state index is -4.64. The lowest BCUT2D eigenvalue weighted by atomic mass is 10.9. The van der Waals surface area contributed by atoms with Crippen LogP contribution in [0.1, 0.15) is 0 Å². The standard InChI is InChI=1S/C5H10N2.H3O4P/c1-6-3-4-7(2)5-6;1-5(2,3)4/h3-4H,5H2,1-2H3;(H3,1,2,3,4). The minimum Gasteiger partial charge on any atom is -0.362 e. The molecular formula is C5H13N2O4P. The van der Waals surface area contributed by atoms with Gasteiger partial charge in [-0.2, -0.15) is 0 Å². The molecule has 0 unspecified atom stereocenters. The third-order valence-electron chi connectivity index (χ3n) is 1.02. The molecule has 1 rings (SSSR count). The van der Waals surface area contributed by atoms with E-state index >= 15 is 0 Å². The van der Waals surface area contributed by atoms with Crippen molar-refractivity contribution in [3.8, 4) is 0 Å². The van der Waals surface area contributed by atoms with Crippen LogP contribution in [-0.2, 0) is 4.57 Å². The molecule has 0 aromatic carbocycles. The molecule has 0 spiro atoms. The van der Waals surface area contributed by atoms with Crippen LogP contribution in [0.15, 0.2) is 12.4 Å². The van der Waals surface area contributed by atoms with Crippen molar-refractivity contribution in [2.75, 3.05) is 20.8 Å². The Balaban J connectivity index is 0.000000217. The first-order valence-electron chi connectivity index (χ1n) is 3.16. The summed E-state index contributed by atoms with van der Waals surface area (Å²) in [5.74, 6) is 0. The summed E-state index contributed by atoms with van der Waals surface area (Å²) in [7, 11) is -0.528. The molecule has 1 aliphatic rings. The van der Waals surface area contributed by atoms with E-state index in [0.717, 1.165) is 6.67 Å². The molecule has 0 bridgehead atoms. The maximum Gasteiger partial charge on any atom is 0.466 e. The van der Waals surface area contributed by atoms with E-state index in [1.165, 1.54) is 0 Å². The Morgan fingerprint density at radius 1 is 1.17 bits per heavy atom. The zero-order chi connectivity index (χ0) is 9.78. The quantitative estimate of drug-likeness (QED) is 0.447. The maximum atomic E-state index is 8.88. The van der Waals surface area contributed by atoms with Crippen molar-refractivity contribution in [2.45, 2.75) is 0 Å². The molecule has 0 fully saturated rings. The normalized spacial score (nSPS) is 16.1. The first-order chi connectivity index (χ1) is 5.29. The van der Waals surface area contributed by atoms with Gasteiger partial charge in [-0.05, 0) is 0 Å². The van der Waals surface area contributed by atoms with Gasteiger partial charge in [0.15, 0.2) is 0 Å². The fourth-order valence-corrected chi connectivity index (χ4v) is 0.674. The molecule has 1 heterocycles. The maximum absolute atomic E-state index is 8.88. The van der Waals surface area contributed by atoms with Gasteiger partial charge < -0.3 is 24.5 Å². The lowest BCUT2D eigenvalue weighted by Crippen LogP contribution is -2.17. The number of phosphoric acid groups is 1. The summed E-state index contributed by atoms with van der Waals surface area (Å²) in [6.07, 6.45) is 4.11. The molecule has 0 saturated carbocycles. The Kier molecular flexibility index (Phi) is 4.26. The van der Waals surface area contributed by atoms with E-state index < -0.39 is 7.82 Å². The lowest BCUT2D eigenvalue weighted by Gasteiger charge is -2.10. The van der Waals surface area contributed by atoms with Crippen molar-refractivity contribution in [3.63, 3.8) is 0 Å². The summed E-state index contributed by atoms with van der Waals surface area (Å²) in [4.78, 5) is 25.8. The summed E-state index contributed by atoms with van der Waals surface area (Å²) < 4.78 is 8.88. The summed E-state index contributed by atoms with van der Waals surface area (Å²) in [5.41, 5.74) is 0. The molecule has 0 aliphatic carbocycles. The average molecular weight is 196 g/mol. The third-order valence-corrected chi connectivity index (χ3v) is 1.02. The van der Waals surface area contributed by atoms with Crippen molar-refractivity contribution >= 4 is 7.82 Å². The van der Waals surface area contributed by atoms with E-state index in [9.17, 15) is 0 Å². The van der Waals surface area contributed by atoms with Crippen molar-refractivity contribution in [3.05, 3.63) is 12.4 Å². The smallest absolute Gasteiger partial charge is 0.362 e. The predicted molar refractivity (Wildman–Crippen MR) is 43.8 cm³/mol. The fraction of sp³-hybridized carbons (Fsp3) is 0.600. The van der Waals surface area contributed by atoms with Gasteiger partial charge in [-0.3, -0.25) is 0 Å². The van der Waals surface area contributed by atoms with E-state index in [1.54, 1.807) is 0 Å². The molecule has 3 N–H and O–H groups in total. The zero-order valence-electron chi connectivity index (χ0n) is 6.95. The van der Waals surface area contributed by atoms with Crippen LogP contribution in [0.3, 0.4) is 0 Å². The van der Waals surface area contributed by atoms with Crippen molar-refractivity contribution < 1.29 is 19.2 Å². The van der Waals surface area contributed by atoms with Gasteiger partial charge in [0.05, 0.1) is 6.67 Å². The Bertz CT molecular complexity index is 183. The summed E-state index contributed by atoms with van der Waals surface area (Å²) >= 11 is 0. The van der Waals surface area contributed by atoms with Crippen LogP contribution >= 0.6 is 7.82 Å². The highest BCUT2D eigenvalue weighted by Gasteiger charge is 2.00. The van der Waals surface area contributed by atoms with Crippen LogP contribution in [0.5, 0.6) is 0 Å². The number of nitrogens with zero attached hydrogens (tertiary/aromatic N) is 2. The van der Waals surface area contributed by atoms with Crippen molar-refractivity contribution in [1.29, 1.82) is 0 Å². The van der Waals surface area contributed by atoms with Crippen molar-refractivity contribution in [1.82, 2.24) is 9.80 Å². The highest BCUT2D eigenvalue weighted by molar-refractivity contribution is 7.45. The van der Waals surface area contributed by atoms with Gasteiger partial charge in [-0.25, -0.2) is 4.57 Å². The molecule has 0 aromatic rings. The Labute approximate surface area is 71.0 Å². The van der Waals surface area contributed by atoms with Crippen LogP contribution in [0.2, 0.25) is 0 Å². The second kappa shape index (κ2) is 4.47. The molecular weight excluding hydrogens is 183 g/mol. The summed E-state index contributed by atoms with van der Waals surface area (Å²) in [5, 5.41) is 0. The molecule has 6 nitrogen and oxygen atoms in total. The van der Waals surface area contributed by atoms with Gasteiger partial charge in [0.25, 0.3) is 0 Å². The van der Waals surface area contributed by atoms with Crippen LogP contribution in [0, 0.1) is 0 Å². The van der Waals surface area contributed by atoms with Gasteiger partial charge in [-0.1, -0.05) is 0 Å². The third kappa shape index (κ3) is 9.45. The molecule has 12 heavy (non-hydrogen) atoms. The molecule has 7 heteroatoms. The van der Waals surface area contributed by atoms with Crippen LogP contribution in [0.25, 0.3) is 0 Å². The second-order valence-corrected chi connectivity index (χ2v) is 3.49. The number of hydrogen-bond donors (Lipinski definition) is 3. The van der Waals surface area contributed by atoms with E-state index in [2.05, 4.69) is 36.3 Å². The van der Waals surface area contributed by atoms with E-state index in [4.69, 9.17) is 19.2 Å². The molecule has 0 saturated heterocycles. The summed E-state index contributed by atoms with van der Waals surface area (Å²) in [6, 6.07) is 0. The average Bonchev–Trinajstić information content (AvgIpc) is 2.09. The topological polar surface area (TPSA) is 84.2 Å². The van der Waals surface area contributed by atoms with Crippen molar-refractivity contribution in [2.24, 2.45) is 0 Å². The van der Waals surface area contributed by atoms with Gasteiger partial charge >= 0.3 is 7.82 Å². The van der Waals surface area contributed by atoms with E-state index in [1.807, 2.05) is 0 Å². The molecule has 0 amide bonds. The van der Waals surface area contributed by atoms with Crippen LogP contribution in [0.4, 0.5) is 0 Å². The number of rotatable bonds is 0. The Hall–Kier alpha value is -0.550. The monoisotopic (exact) mass is 196 g/mol. The predicted octanol–water partition coefficient (Wildman–Crippen LogP) is -0.636. The second-order valence-electron chi connectivity index (χ2n) is 2.47. The highest BCUT2D eigenvalue weighted by Crippen LogP contribution is 2.25. The largest absolute Gasteiger partial charge is 0.466 e. The van der Waals surface area contributed by atoms with Gasteiger partial charge in [0.1, 0.15) is 0 Å². The minimum absolute atomic E-state index is 1.03. The highest BCUT2D eigenvalue weighted by atomic mass is 31.2. The Morgan fingerprint density at radius 2 is 1.42 bits per heavy atom. The SMILES string of the molecule is CN1C=CN(C)C1.O=P(O)(O)O. The van der Waals surface area contributed by atoms with Gasteiger partial charge in [-0.15, -0.1) is 0 Å². The number of hydrogen-bond acceptors (Lipinski definition) is 3. The first-order valence-corrected chi connectivity index (χ1v) is 4.72. The van der Waals surface area contributed by atoms with Crippen LogP contribution < -0.4 is 0 Å². The summed E-state index contributed by atoms with van der Waals surface area (Å²) in [6.45, 7) is 1.03. The Morgan fingerprint density at radius 3 is 1.50 bits per heavy atom. The molecule has 0 aromatic heterocycles. The van der Waals surface area contributed by atoms with E-state index in [-0.39, 0.29) is 0 Å². The molecule has 0 atom stereocenters. The van der Waals surface area contributed by atoms with Gasteiger partial charge in [0, 0.05) is 26.5 Å². The van der Waals surface area contributed by atoms with Gasteiger partial charge in [0.2, 0.25) is 0 Å². The first kappa shape index (κ1) is 11.4. The molecule has 0 radical (unpaired) electrons. The fourth-order valence-electron chi connectivity index (χ4n) is 0.674. The van der Waals surface area contributed by atoms with E-state index in [0.29, 0.717) is 0 Å². The zero-order valence-corrected chi connectivity index (χ0v) is 7.85.